The Morgan fingerprint density at radius 1 is 1.35 bits per heavy atom. The first kappa shape index (κ1) is 14.1. The molecule has 1 amide bonds. The van der Waals surface area contributed by atoms with Gasteiger partial charge in [-0.15, -0.1) is 0 Å². The van der Waals surface area contributed by atoms with Crippen LogP contribution in [0.25, 0.3) is 0 Å². The van der Waals surface area contributed by atoms with E-state index >= 15 is 0 Å². The van der Waals surface area contributed by atoms with E-state index in [0.717, 1.165) is 0 Å². The molecule has 0 saturated carbocycles. The molecular weight excluding hydrogens is 280 g/mol. The summed E-state index contributed by atoms with van der Waals surface area (Å²) in [7, 11) is 0. The third kappa shape index (κ3) is 2.97. The normalized spacial score (nSPS) is 10.3. The number of carbonyl (C=O) groups excluding carboxylic acids is 1. The summed E-state index contributed by atoms with van der Waals surface area (Å²) >= 11 is 5.98. The van der Waals surface area contributed by atoms with Gasteiger partial charge in [0, 0.05) is 0 Å². The number of primary amides is 1. The van der Waals surface area contributed by atoms with Crippen molar-refractivity contribution >= 4 is 23.5 Å². The Balaban J connectivity index is 2.30. The molecule has 0 saturated heterocycles. The average molecular weight is 293 g/mol. The number of ether oxygens (including phenoxy) is 1. The van der Waals surface area contributed by atoms with Gasteiger partial charge in [0.15, 0.2) is 0 Å². The SMILES string of the molecule is Cc1nc(N)nc(COc2ccccc2Cl)c1C(N)=O. The summed E-state index contributed by atoms with van der Waals surface area (Å²) in [6.07, 6.45) is 0. The molecule has 0 fully saturated rings. The molecule has 0 aliphatic rings. The first-order valence-corrected chi connectivity index (χ1v) is 6.17. The van der Waals surface area contributed by atoms with E-state index in [0.29, 0.717) is 22.2 Å². The predicted molar refractivity (Wildman–Crippen MR) is 75.5 cm³/mol. The lowest BCUT2D eigenvalue weighted by molar-refractivity contribution is 0.0996. The summed E-state index contributed by atoms with van der Waals surface area (Å²) in [5.41, 5.74) is 11.9. The molecule has 0 radical (unpaired) electrons. The van der Waals surface area contributed by atoms with Crippen LogP contribution in [0.15, 0.2) is 24.3 Å². The van der Waals surface area contributed by atoms with E-state index in [1.165, 1.54) is 0 Å². The van der Waals surface area contributed by atoms with Gasteiger partial charge >= 0.3 is 0 Å². The monoisotopic (exact) mass is 292 g/mol. The number of anilines is 1. The van der Waals surface area contributed by atoms with Gasteiger partial charge < -0.3 is 16.2 Å². The fourth-order valence-electron chi connectivity index (χ4n) is 1.79. The van der Waals surface area contributed by atoms with E-state index in [1.807, 2.05) is 0 Å². The van der Waals surface area contributed by atoms with Gasteiger partial charge in [-0.25, -0.2) is 9.97 Å². The number of hydrogen-bond donors (Lipinski definition) is 2. The summed E-state index contributed by atoms with van der Waals surface area (Å²) in [5, 5.41) is 0.465. The molecule has 2 aromatic rings. The molecule has 1 heterocycles. The van der Waals surface area contributed by atoms with Crippen LogP contribution in [0.3, 0.4) is 0 Å². The number of rotatable bonds is 4. The minimum Gasteiger partial charge on any atom is -0.486 e. The molecule has 0 unspecified atom stereocenters. The van der Waals surface area contributed by atoms with Crippen molar-refractivity contribution in [1.29, 1.82) is 0 Å². The summed E-state index contributed by atoms with van der Waals surface area (Å²) in [4.78, 5) is 19.4. The number of nitrogen functional groups attached to an aromatic ring is 1. The van der Waals surface area contributed by atoms with Crippen LogP contribution < -0.4 is 16.2 Å². The van der Waals surface area contributed by atoms with Crippen molar-refractivity contribution in [2.75, 3.05) is 5.73 Å². The van der Waals surface area contributed by atoms with Gasteiger partial charge in [0.05, 0.1) is 22.0 Å². The van der Waals surface area contributed by atoms with Crippen LogP contribution in [0.4, 0.5) is 5.95 Å². The standard InChI is InChI=1S/C13H13ClN4O2/c1-7-11(12(15)19)9(18-13(16)17-7)6-20-10-5-3-2-4-8(10)14/h2-5H,6H2,1H3,(H2,15,19)(H2,16,17,18). The van der Waals surface area contributed by atoms with E-state index in [1.54, 1.807) is 31.2 Å². The molecule has 0 aliphatic carbocycles. The molecule has 6 nitrogen and oxygen atoms in total. The van der Waals surface area contributed by atoms with Crippen molar-refractivity contribution in [2.24, 2.45) is 5.73 Å². The quantitative estimate of drug-likeness (QED) is 0.892. The van der Waals surface area contributed by atoms with Crippen LogP contribution >= 0.6 is 11.6 Å². The number of aryl methyl sites for hydroxylation is 1. The molecule has 20 heavy (non-hydrogen) atoms. The number of nitrogens with zero attached hydrogens (tertiary/aromatic N) is 2. The fourth-order valence-corrected chi connectivity index (χ4v) is 1.98. The highest BCUT2D eigenvalue weighted by Gasteiger charge is 2.16. The minimum atomic E-state index is -0.625. The number of para-hydroxylation sites is 1. The minimum absolute atomic E-state index is 0.0234. The number of halogens is 1. The van der Waals surface area contributed by atoms with E-state index in [-0.39, 0.29) is 18.1 Å². The first-order chi connectivity index (χ1) is 9.49. The maximum atomic E-state index is 11.5. The maximum absolute atomic E-state index is 11.5. The van der Waals surface area contributed by atoms with Gasteiger partial charge in [0.2, 0.25) is 5.95 Å². The van der Waals surface area contributed by atoms with E-state index in [2.05, 4.69) is 9.97 Å². The number of nitrogens with two attached hydrogens (primary N) is 2. The zero-order valence-corrected chi connectivity index (χ0v) is 11.5. The lowest BCUT2D eigenvalue weighted by atomic mass is 10.1. The molecule has 1 aromatic carbocycles. The highest BCUT2D eigenvalue weighted by molar-refractivity contribution is 6.32. The lowest BCUT2D eigenvalue weighted by Gasteiger charge is -2.11. The molecule has 1 aromatic heterocycles. The fraction of sp³-hybridized carbons (Fsp3) is 0.154. The third-order valence-electron chi connectivity index (χ3n) is 2.63. The highest BCUT2D eigenvalue weighted by atomic mass is 35.5. The van der Waals surface area contributed by atoms with Gasteiger partial charge in [-0.05, 0) is 19.1 Å². The van der Waals surface area contributed by atoms with Crippen LogP contribution in [0.1, 0.15) is 21.7 Å². The van der Waals surface area contributed by atoms with Crippen LogP contribution in [-0.4, -0.2) is 15.9 Å². The Labute approximate surface area is 120 Å². The lowest BCUT2D eigenvalue weighted by Crippen LogP contribution is -2.20. The van der Waals surface area contributed by atoms with Gasteiger partial charge in [-0.3, -0.25) is 4.79 Å². The molecular formula is C13H13ClN4O2. The summed E-state index contributed by atoms with van der Waals surface area (Å²) in [6.45, 7) is 1.66. The Bertz CT molecular complexity index is 661. The van der Waals surface area contributed by atoms with Crippen LogP contribution in [0.5, 0.6) is 5.75 Å². The molecule has 2 rings (SSSR count). The Morgan fingerprint density at radius 2 is 2.05 bits per heavy atom. The Morgan fingerprint density at radius 3 is 2.70 bits per heavy atom. The molecule has 7 heteroatoms. The van der Waals surface area contributed by atoms with Gasteiger partial charge in [0.25, 0.3) is 5.91 Å². The van der Waals surface area contributed by atoms with Gasteiger partial charge in [-0.1, -0.05) is 23.7 Å². The van der Waals surface area contributed by atoms with Crippen LogP contribution in [-0.2, 0) is 6.61 Å². The van der Waals surface area contributed by atoms with Crippen molar-refractivity contribution in [3.05, 3.63) is 46.2 Å². The van der Waals surface area contributed by atoms with Gasteiger partial charge in [-0.2, -0.15) is 0 Å². The second-order valence-electron chi connectivity index (χ2n) is 4.07. The van der Waals surface area contributed by atoms with E-state index in [9.17, 15) is 4.79 Å². The second-order valence-corrected chi connectivity index (χ2v) is 4.48. The second kappa shape index (κ2) is 5.75. The molecule has 0 bridgehead atoms. The highest BCUT2D eigenvalue weighted by Crippen LogP contribution is 2.24. The number of carbonyl (C=O) groups is 1. The van der Waals surface area contributed by atoms with Crippen molar-refractivity contribution < 1.29 is 9.53 Å². The first-order valence-electron chi connectivity index (χ1n) is 5.79. The molecule has 4 N–H and O–H groups in total. The van der Waals surface area contributed by atoms with Gasteiger partial charge in [0.1, 0.15) is 12.4 Å². The smallest absolute Gasteiger partial charge is 0.252 e. The molecule has 0 spiro atoms. The van der Waals surface area contributed by atoms with Crippen molar-refractivity contribution in [2.45, 2.75) is 13.5 Å². The summed E-state index contributed by atoms with van der Waals surface area (Å²) in [5.74, 6) is -0.0788. The Kier molecular flexibility index (Phi) is 4.05. The number of aromatic nitrogens is 2. The predicted octanol–water partition coefficient (Wildman–Crippen LogP) is 1.70. The topological polar surface area (TPSA) is 104 Å². The van der Waals surface area contributed by atoms with Crippen LogP contribution in [0, 0.1) is 6.92 Å². The molecule has 0 aliphatic heterocycles. The molecule has 104 valence electrons. The summed E-state index contributed by atoms with van der Waals surface area (Å²) < 4.78 is 5.54. The van der Waals surface area contributed by atoms with E-state index in [4.69, 9.17) is 27.8 Å². The van der Waals surface area contributed by atoms with Crippen molar-refractivity contribution in [1.82, 2.24) is 9.97 Å². The largest absolute Gasteiger partial charge is 0.486 e. The molecule has 0 atom stereocenters. The van der Waals surface area contributed by atoms with Crippen LogP contribution in [0.2, 0.25) is 5.02 Å². The average Bonchev–Trinajstić information content (AvgIpc) is 2.36. The zero-order valence-electron chi connectivity index (χ0n) is 10.8. The number of hydrogen-bond acceptors (Lipinski definition) is 5. The summed E-state index contributed by atoms with van der Waals surface area (Å²) in [6, 6.07) is 6.99. The maximum Gasteiger partial charge on any atom is 0.252 e. The Hall–Kier alpha value is -2.34. The van der Waals surface area contributed by atoms with Crippen molar-refractivity contribution in [3.8, 4) is 5.75 Å². The number of amides is 1. The van der Waals surface area contributed by atoms with E-state index < -0.39 is 5.91 Å². The number of benzene rings is 1. The zero-order chi connectivity index (χ0) is 14.7. The van der Waals surface area contributed by atoms with Crippen molar-refractivity contribution in [3.63, 3.8) is 0 Å². The third-order valence-corrected chi connectivity index (χ3v) is 2.94.